The van der Waals surface area contributed by atoms with Crippen molar-refractivity contribution in [3.05, 3.63) is 313 Å². The van der Waals surface area contributed by atoms with Crippen molar-refractivity contribution < 1.29 is 100 Å². The van der Waals surface area contributed by atoms with E-state index < -0.39 is 137 Å². The van der Waals surface area contributed by atoms with E-state index in [1.165, 1.54) is 66.7 Å². The molecule has 0 saturated carbocycles. The standard InChI is InChI=1S/C31H28Cl2FNO6.C30H28Cl2FNO6.C29H24Cl2FNO6/c1-3-40-28(37)16-27(19-4-8-22(32)9-5-19)35-30(38)25-14-20(18(2)36)15-26(34)29(25)31(35,41-24-12-13-39-17-24)21-6-10-23(33)11-7-21;1-29(2,38)19-13-23-27(24(33)14-19)30(40-22-11-12-39-16-22,18-5-9-21(32)10-6-18)34(28(23)37)25(15-26(35)36)17-3-7-20(31)8-4-17;1-16(34)18-12-23-27(24(32)13-18)29(39-22-10-11-38-15-22,19-4-8-21(31)9-5-19)33(28(23)37)25(14-26(35)36)17-2-6-20(30)7-3-17/h4-11,14-15,24,27H,3,12-13,16-17H2,1-2H3;3-10,13-14,22,25,38H,11-12,15-16H2,1-2H3,(H,35,36);2-9,12-13,22,25H,10-11,14-15H2,1H3,(H,35,36)/t24-,27-,31+;22-,25-,30+;22-,25-,29+/m000/s1. The van der Waals surface area contributed by atoms with Gasteiger partial charge >= 0.3 is 17.9 Å². The maximum atomic E-state index is 16.4. The third-order valence-electron chi connectivity index (χ3n) is 21.7. The number of Topliss-reactive ketones (excluding diaryl/α,β-unsaturated/α-hetero) is 2. The normalized spacial score (nSPS) is 21.1. The van der Waals surface area contributed by atoms with Crippen molar-refractivity contribution in [3.63, 3.8) is 0 Å². The Morgan fingerprint density at radius 3 is 0.975 bits per heavy atom. The van der Waals surface area contributed by atoms with Gasteiger partial charge in [-0.15, -0.1) is 0 Å². The van der Waals surface area contributed by atoms with Gasteiger partial charge in [-0.25, -0.2) is 13.2 Å². The summed E-state index contributed by atoms with van der Waals surface area (Å²) in [6.45, 7) is 9.26. The van der Waals surface area contributed by atoms with Crippen LogP contribution in [-0.4, -0.2) is 142 Å². The van der Waals surface area contributed by atoms with Crippen molar-refractivity contribution in [1.29, 1.82) is 0 Å². The number of nitrogens with zero attached hydrogens (tertiary/aromatic N) is 3. The van der Waals surface area contributed by atoms with Gasteiger partial charge in [0.15, 0.2) is 11.6 Å². The summed E-state index contributed by atoms with van der Waals surface area (Å²) in [5.41, 5.74) is -4.55. The van der Waals surface area contributed by atoms with Gasteiger partial charge < -0.3 is 48.5 Å². The molecular formula is C90H80Cl6F3N3O18. The number of carbonyl (C=O) groups is 8. The average Bonchev–Trinajstić information content (AvgIpc) is 1.55. The number of rotatable bonds is 25. The van der Waals surface area contributed by atoms with Crippen LogP contribution in [0.2, 0.25) is 30.1 Å². The quantitative estimate of drug-likeness (QED) is 0.0354. The van der Waals surface area contributed by atoms with Crippen molar-refractivity contribution in [3.8, 4) is 0 Å². The lowest BCUT2D eigenvalue weighted by molar-refractivity contribution is -0.165. The SMILES string of the molecule is CC(=O)c1cc(F)c2c(c1)C(=O)N([C@@H](CC(=O)O)c1ccc(Cl)cc1)[C@@]2(O[C@H]1CCOC1)c1ccc(Cl)cc1.CC(C)(O)c1cc(F)c2c(c1)C(=O)N([C@@H](CC(=O)O)c1ccc(Cl)cc1)[C@@]2(O[C@H]1CCOC1)c1ccc(Cl)cc1.CCOC(=O)C[C@@H](c1ccc(Cl)cc1)N1C(=O)c2cc(C(C)=O)cc(F)c2[C@]1(O[C@H]1CCOC1)c1ccc(Cl)cc1. The molecule has 0 unspecified atom stereocenters. The minimum absolute atomic E-state index is 0.0110. The molecule has 9 aromatic rings. The first-order valence-corrected chi connectivity index (χ1v) is 40.6. The third-order valence-corrected chi connectivity index (χ3v) is 23.2. The van der Waals surface area contributed by atoms with Crippen molar-refractivity contribution in [2.75, 3.05) is 46.2 Å². The van der Waals surface area contributed by atoms with Gasteiger partial charge in [0.05, 0.1) is 121 Å². The van der Waals surface area contributed by atoms with Crippen LogP contribution >= 0.6 is 69.6 Å². The number of amides is 3. The van der Waals surface area contributed by atoms with Crippen molar-refractivity contribution in [2.24, 2.45) is 0 Å². The Morgan fingerprint density at radius 2 is 0.717 bits per heavy atom. The number of halogens is 9. The number of aliphatic hydroxyl groups is 1. The number of carbonyl (C=O) groups excluding carboxylic acids is 6. The van der Waals surface area contributed by atoms with E-state index in [0.717, 1.165) is 12.1 Å². The maximum absolute atomic E-state index is 16.4. The predicted octanol–water partition coefficient (Wildman–Crippen LogP) is 18.5. The smallest absolute Gasteiger partial charge is 0.308 e. The van der Waals surface area contributed by atoms with Gasteiger partial charge in [-0.2, -0.15) is 0 Å². The van der Waals surface area contributed by atoms with E-state index >= 15 is 13.2 Å². The summed E-state index contributed by atoms with van der Waals surface area (Å²) in [6, 6.07) is 43.4. The summed E-state index contributed by atoms with van der Waals surface area (Å²) in [5, 5.41) is 33.2. The fraction of sp³-hybridized carbons (Fsp3) is 0.311. The molecule has 0 spiro atoms. The number of carboxylic acids is 2. The first-order chi connectivity index (χ1) is 57.2. The Hall–Kier alpha value is -9.61. The highest BCUT2D eigenvalue weighted by Crippen LogP contribution is 2.57. The lowest BCUT2D eigenvalue weighted by Crippen LogP contribution is -2.51. The van der Waals surface area contributed by atoms with Crippen LogP contribution in [-0.2, 0) is 70.3 Å². The summed E-state index contributed by atoms with van der Waals surface area (Å²) in [5.74, 6) is -8.06. The van der Waals surface area contributed by atoms with Crippen LogP contribution in [0, 0.1) is 17.5 Å². The van der Waals surface area contributed by atoms with Crippen molar-refractivity contribution >= 4 is 117 Å². The molecule has 0 radical (unpaired) electrons. The second-order valence-electron chi connectivity index (χ2n) is 30.0. The molecule has 626 valence electrons. The van der Waals surface area contributed by atoms with E-state index in [9.17, 15) is 53.7 Å². The molecule has 30 heteroatoms. The largest absolute Gasteiger partial charge is 0.481 e. The highest BCUT2D eigenvalue weighted by molar-refractivity contribution is 6.32. The number of ketones is 2. The van der Waals surface area contributed by atoms with E-state index in [2.05, 4.69) is 0 Å². The molecule has 3 amide bonds. The van der Waals surface area contributed by atoms with Gasteiger partial charge in [0.25, 0.3) is 17.7 Å². The molecule has 0 aliphatic carbocycles. The fourth-order valence-corrected chi connectivity index (χ4v) is 16.9. The second-order valence-corrected chi connectivity index (χ2v) is 32.6. The van der Waals surface area contributed by atoms with Gasteiger partial charge in [0.1, 0.15) is 17.5 Å². The van der Waals surface area contributed by atoms with E-state index in [-0.39, 0.29) is 82.9 Å². The molecule has 15 rings (SSSR count). The van der Waals surface area contributed by atoms with Crippen LogP contribution in [0.5, 0.6) is 0 Å². The van der Waals surface area contributed by atoms with E-state index in [0.29, 0.717) is 103 Å². The van der Waals surface area contributed by atoms with Crippen LogP contribution in [0.4, 0.5) is 13.2 Å². The molecular weight excluding hydrogens is 1680 g/mol. The molecule has 6 aliphatic heterocycles. The summed E-state index contributed by atoms with van der Waals surface area (Å²) in [6.07, 6.45) is -1.37. The first-order valence-electron chi connectivity index (χ1n) is 38.4. The number of benzene rings is 9. The lowest BCUT2D eigenvalue weighted by atomic mass is 9.87. The minimum atomic E-state index is -1.89. The summed E-state index contributed by atoms with van der Waals surface area (Å²) in [7, 11) is 0. The Morgan fingerprint density at radius 1 is 0.442 bits per heavy atom. The second kappa shape index (κ2) is 36.6. The zero-order valence-electron chi connectivity index (χ0n) is 65.2. The van der Waals surface area contributed by atoms with E-state index in [1.54, 1.807) is 153 Å². The molecule has 0 aromatic heterocycles. The van der Waals surface area contributed by atoms with Crippen LogP contribution in [0.1, 0.15) is 199 Å². The van der Waals surface area contributed by atoms with Crippen LogP contribution in [0.25, 0.3) is 0 Å². The van der Waals surface area contributed by atoms with Gasteiger partial charge in [0.2, 0.25) is 17.2 Å². The molecule has 3 saturated heterocycles. The van der Waals surface area contributed by atoms with Crippen molar-refractivity contribution in [2.45, 2.75) is 132 Å². The topological polar surface area (TPSA) is 272 Å². The predicted molar refractivity (Wildman–Crippen MR) is 439 cm³/mol. The van der Waals surface area contributed by atoms with Gasteiger partial charge in [0, 0.05) is 77.8 Å². The monoisotopic (exact) mass is 1760 g/mol. The number of aliphatic carboxylic acids is 2. The number of esters is 1. The van der Waals surface area contributed by atoms with Crippen LogP contribution in [0.3, 0.4) is 0 Å². The number of hydrogen-bond donors (Lipinski definition) is 3. The molecule has 0 bridgehead atoms. The number of ether oxygens (including phenoxy) is 7. The maximum Gasteiger partial charge on any atom is 0.308 e. The first kappa shape index (κ1) is 88.2. The van der Waals surface area contributed by atoms with Gasteiger partial charge in [-0.05, 0) is 185 Å². The molecule has 6 heterocycles. The Bertz CT molecular complexity index is 5400. The summed E-state index contributed by atoms with van der Waals surface area (Å²) in [4.78, 5) is 109. The van der Waals surface area contributed by atoms with Crippen LogP contribution in [0.15, 0.2) is 182 Å². The molecule has 21 nitrogen and oxygen atoms in total. The zero-order valence-corrected chi connectivity index (χ0v) is 69.7. The number of fused-ring (bicyclic) bond motifs is 3. The average molecular weight is 1760 g/mol. The molecule has 6 aliphatic rings. The van der Waals surface area contributed by atoms with Gasteiger partial charge in [-0.1, -0.05) is 142 Å². The fourth-order valence-electron chi connectivity index (χ4n) is 16.2. The Labute approximate surface area is 718 Å². The molecule has 3 fully saturated rings. The third kappa shape index (κ3) is 17.7. The summed E-state index contributed by atoms with van der Waals surface area (Å²) >= 11 is 37.0. The zero-order chi connectivity index (χ0) is 86.0. The highest BCUT2D eigenvalue weighted by Gasteiger charge is 2.62. The Kier molecular flexibility index (Phi) is 26.9. The highest BCUT2D eigenvalue weighted by atomic mass is 35.5. The van der Waals surface area contributed by atoms with Gasteiger partial charge in [-0.3, -0.25) is 53.1 Å². The molecule has 9 atom stereocenters. The van der Waals surface area contributed by atoms with E-state index in [4.69, 9.17) is 103 Å². The molecule has 9 aromatic carbocycles. The molecule has 120 heavy (non-hydrogen) atoms. The number of carboxylic acid groups (broad SMARTS) is 2. The molecule has 3 N–H and O–H groups in total. The van der Waals surface area contributed by atoms with Crippen LogP contribution < -0.4 is 0 Å². The van der Waals surface area contributed by atoms with Crippen molar-refractivity contribution in [1.82, 2.24) is 14.7 Å². The minimum Gasteiger partial charge on any atom is -0.481 e. The lowest BCUT2D eigenvalue weighted by Gasteiger charge is -2.44. The Balaban J connectivity index is 0.000000156. The van der Waals surface area contributed by atoms with E-state index in [1.807, 2.05) is 0 Å². The summed E-state index contributed by atoms with van der Waals surface area (Å²) < 4.78 is 91.0. The number of hydrogen-bond acceptors (Lipinski definition) is 16.